The molecule has 1 aromatic heterocycles. The molecule has 7 nitrogen and oxygen atoms in total. The van der Waals surface area contributed by atoms with Crippen LogP contribution >= 0.6 is 0 Å². The second-order valence-electron chi connectivity index (χ2n) is 8.65. The molecular weight excluding hydrogens is 431 g/mol. The first-order valence-corrected chi connectivity index (χ1v) is 11.1. The van der Waals surface area contributed by atoms with Crippen molar-refractivity contribution in [1.82, 2.24) is 9.55 Å². The molecule has 29 heavy (non-hydrogen) atoms. The number of hydrogen-bond acceptors (Lipinski definition) is 5. The molecular formula is C21H25AsN4O3. The number of benzene rings is 1. The Balaban J connectivity index is 1.78. The predicted molar refractivity (Wildman–Crippen MR) is 113 cm³/mol. The summed E-state index contributed by atoms with van der Waals surface area (Å²) < 4.78 is 7.66. The van der Waals surface area contributed by atoms with Gasteiger partial charge in [-0.1, -0.05) is 0 Å². The number of anilines is 1. The zero-order valence-electron chi connectivity index (χ0n) is 16.9. The van der Waals surface area contributed by atoms with Crippen LogP contribution in [0.2, 0.25) is 4.71 Å². The van der Waals surface area contributed by atoms with Crippen LogP contribution in [-0.2, 0) is 0 Å². The molecule has 0 spiro atoms. The van der Waals surface area contributed by atoms with Gasteiger partial charge in [-0.3, -0.25) is 0 Å². The van der Waals surface area contributed by atoms with Gasteiger partial charge >= 0.3 is 178 Å². The molecule has 2 unspecified atom stereocenters. The van der Waals surface area contributed by atoms with Crippen molar-refractivity contribution in [2.45, 2.75) is 43.9 Å². The molecule has 2 heterocycles. The van der Waals surface area contributed by atoms with Crippen LogP contribution in [0.4, 0.5) is 5.69 Å². The summed E-state index contributed by atoms with van der Waals surface area (Å²) in [5.41, 5.74) is 0.324. The molecule has 0 bridgehead atoms. The van der Waals surface area contributed by atoms with E-state index in [1.807, 2.05) is 19.9 Å². The Kier molecular flexibility index (Phi) is 5.02. The van der Waals surface area contributed by atoms with Gasteiger partial charge in [-0.15, -0.1) is 0 Å². The van der Waals surface area contributed by atoms with Crippen LogP contribution in [0, 0.1) is 22.7 Å². The third-order valence-electron chi connectivity index (χ3n) is 6.19. The first-order chi connectivity index (χ1) is 13.8. The molecule has 2 fully saturated rings. The Morgan fingerprint density at radius 3 is 2.66 bits per heavy atom. The summed E-state index contributed by atoms with van der Waals surface area (Å²) in [5.74, 6) is 0.954. The van der Waals surface area contributed by atoms with Gasteiger partial charge in [0.05, 0.1) is 0 Å². The van der Waals surface area contributed by atoms with Crippen molar-refractivity contribution in [3.05, 3.63) is 33.0 Å². The summed E-state index contributed by atoms with van der Waals surface area (Å²) >= 11 is 2.68. The van der Waals surface area contributed by atoms with E-state index >= 15 is 0 Å². The van der Waals surface area contributed by atoms with Crippen LogP contribution in [0.5, 0.6) is 5.75 Å². The molecule has 2 aliphatic rings. The van der Waals surface area contributed by atoms with E-state index in [2.05, 4.69) is 32.8 Å². The Morgan fingerprint density at radius 2 is 2.03 bits per heavy atom. The molecule has 0 amide bonds. The van der Waals surface area contributed by atoms with Crippen LogP contribution in [0.3, 0.4) is 0 Å². The predicted octanol–water partition coefficient (Wildman–Crippen LogP) is 2.37. The standard InChI is InChI=1S/C21H25AsN4O3/c1-21(2,11-23)18(22)12-8-9-25(10-12)15-7-6-14-16(17(15)29-3)26(13-4-5-13)20(28)24-19(14)27/h6-7,12-13,18H,4-5,8-10H2,1-3H3,(H,24,27,28). The number of fused-ring (bicyclic) bond motifs is 1. The number of aromatic nitrogens is 2. The average Bonchev–Trinajstić information content (AvgIpc) is 3.41. The molecule has 1 aliphatic heterocycles. The monoisotopic (exact) mass is 456 g/mol. The molecule has 2 atom stereocenters. The van der Waals surface area contributed by atoms with Gasteiger partial charge in [0.15, 0.2) is 0 Å². The first kappa shape index (κ1) is 20.1. The third-order valence-corrected chi connectivity index (χ3v) is 8.43. The molecule has 8 heteroatoms. The van der Waals surface area contributed by atoms with Crippen molar-refractivity contribution >= 4 is 33.4 Å². The van der Waals surface area contributed by atoms with Crippen molar-refractivity contribution in [2.75, 3.05) is 25.1 Å². The van der Waals surface area contributed by atoms with Crippen LogP contribution in [-0.4, -0.2) is 46.6 Å². The fourth-order valence-electron chi connectivity index (χ4n) is 4.36. The number of ether oxygens (including phenoxy) is 1. The van der Waals surface area contributed by atoms with Crippen LogP contribution in [0.1, 0.15) is 39.2 Å². The number of nitriles is 1. The van der Waals surface area contributed by atoms with Crippen molar-refractivity contribution in [3.63, 3.8) is 0 Å². The van der Waals surface area contributed by atoms with Gasteiger partial charge in [0.25, 0.3) is 0 Å². The van der Waals surface area contributed by atoms with E-state index in [4.69, 9.17) is 4.74 Å². The van der Waals surface area contributed by atoms with Crippen molar-refractivity contribution in [1.29, 1.82) is 5.26 Å². The van der Waals surface area contributed by atoms with Gasteiger partial charge < -0.3 is 0 Å². The molecule has 2 radical (unpaired) electrons. The Labute approximate surface area is 178 Å². The van der Waals surface area contributed by atoms with E-state index in [9.17, 15) is 14.9 Å². The van der Waals surface area contributed by atoms with Gasteiger partial charge in [0.2, 0.25) is 0 Å². The normalized spacial score (nSPS) is 20.7. The van der Waals surface area contributed by atoms with Gasteiger partial charge in [-0.2, -0.15) is 0 Å². The maximum absolute atomic E-state index is 12.5. The molecule has 1 aromatic carbocycles. The topological polar surface area (TPSA) is 91.1 Å². The van der Waals surface area contributed by atoms with E-state index in [1.165, 1.54) is 0 Å². The van der Waals surface area contributed by atoms with Crippen molar-refractivity contribution in [3.8, 4) is 11.8 Å². The molecule has 1 N–H and O–H groups in total. The second-order valence-corrected chi connectivity index (χ2v) is 9.81. The van der Waals surface area contributed by atoms with Crippen LogP contribution in [0.25, 0.3) is 10.9 Å². The van der Waals surface area contributed by atoms with E-state index < -0.39 is 5.41 Å². The van der Waals surface area contributed by atoms with Crippen LogP contribution < -0.4 is 20.9 Å². The number of nitrogens with one attached hydrogen (secondary N) is 1. The van der Waals surface area contributed by atoms with Gasteiger partial charge in [0.1, 0.15) is 0 Å². The quantitative estimate of drug-likeness (QED) is 0.698. The Bertz CT molecular complexity index is 1110. The fourth-order valence-corrected chi connectivity index (χ4v) is 4.99. The summed E-state index contributed by atoms with van der Waals surface area (Å²) in [6, 6.07) is 6.24. The van der Waals surface area contributed by atoms with E-state index in [1.54, 1.807) is 17.7 Å². The van der Waals surface area contributed by atoms with Gasteiger partial charge in [-0.25, -0.2) is 0 Å². The number of H-pyrrole nitrogens is 1. The third kappa shape index (κ3) is 3.38. The Hall–Kier alpha value is -2.19. The maximum atomic E-state index is 12.5. The average molecular weight is 456 g/mol. The fraction of sp³-hybridized carbons (Fsp3) is 0.571. The van der Waals surface area contributed by atoms with Crippen molar-refractivity contribution < 1.29 is 4.74 Å². The number of aromatic amines is 1. The van der Waals surface area contributed by atoms with Gasteiger partial charge in [-0.05, 0) is 0 Å². The Morgan fingerprint density at radius 1 is 1.31 bits per heavy atom. The van der Waals surface area contributed by atoms with E-state index in [-0.39, 0.29) is 22.0 Å². The summed E-state index contributed by atoms with van der Waals surface area (Å²) in [5, 5.41) is 9.97. The molecule has 2 aromatic rings. The van der Waals surface area contributed by atoms with Gasteiger partial charge in [0, 0.05) is 0 Å². The van der Waals surface area contributed by atoms with E-state index in [0.717, 1.165) is 38.0 Å². The molecule has 4 rings (SSSR count). The number of rotatable bonds is 5. The molecule has 1 saturated carbocycles. The number of hydrogen-bond donors (Lipinski definition) is 1. The van der Waals surface area contributed by atoms with E-state index in [0.29, 0.717) is 22.6 Å². The minimum atomic E-state index is -0.409. The second kappa shape index (κ2) is 7.25. The van der Waals surface area contributed by atoms with Crippen LogP contribution in [0.15, 0.2) is 21.7 Å². The zero-order chi connectivity index (χ0) is 20.9. The number of methoxy groups -OCH3 is 1. The molecule has 152 valence electrons. The summed E-state index contributed by atoms with van der Waals surface area (Å²) in [7, 11) is 1.59. The zero-order valence-corrected chi connectivity index (χ0v) is 18.8. The number of nitrogens with zero attached hydrogens (tertiary/aromatic N) is 3. The SMILES string of the molecule is COc1c(N2CCC(C([As])C(C)(C)C#N)C2)ccc2c(=O)[nH]c(=O)n(C3CC3)c12. The summed E-state index contributed by atoms with van der Waals surface area (Å²) in [6.07, 6.45) is 2.84. The molecule has 1 aliphatic carbocycles. The van der Waals surface area contributed by atoms with Crippen molar-refractivity contribution in [2.24, 2.45) is 11.3 Å². The summed E-state index contributed by atoms with van der Waals surface area (Å²) in [6.45, 7) is 5.62. The summed E-state index contributed by atoms with van der Waals surface area (Å²) in [4.78, 5) is 29.6. The first-order valence-electron chi connectivity index (χ1n) is 9.98. The molecule has 1 saturated heterocycles. The minimum absolute atomic E-state index is 0.117.